The maximum atomic E-state index is 13.4. The van der Waals surface area contributed by atoms with Crippen LogP contribution in [0.1, 0.15) is 15.6 Å². The van der Waals surface area contributed by atoms with Crippen molar-refractivity contribution in [2.75, 3.05) is 6.26 Å². The van der Waals surface area contributed by atoms with Crippen molar-refractivity contribution in [3.8, 4) is 10.4 Å². The highest BCUT2D eigenvalue weighted by Gasteiger charge is 2.34. The highest BCUT2D eigenvalue weighted by Crippen LogP contribution is 2.31. The fourth-order valence-corrected chi connectivity index (χ4v) is 4.84. The number of hydrogen-bond donors (Lipinski definition) is 2. The molecule has 3 aromatic rings. The Kier molecular flexibility index (Phi) is 6.68. The summed E-state index contributed by atoms with van der Waals surface area (Å²) in [5.74, 6) is 0. The van der Waals surface area contributed by atoms with Crippen molar-refractivity contribution in [3.63, 3.8) is 0 Å². The van der Waals surface area contributed by atoms with Gasteiger partial charge in [0.05, 0.1) is 32.7 Å². The maximum absolute atomic E-state index is 13.4. The monoisotopic (exact) mass is 485 g/mol. The molecule has 0 aliphatic rings. The molecule has 0 saturated carbocycles. The Morgan fingerprint density at radius 3 is 2.61 bits per heavy atom. The molecule has 2 N–H and O–H groups in total. The minimum absolute atomic E-state index is 0.100. The van der Waals surface area contributed by atoms with Gasteiger partial charge in [0, 0.05) is 16.5 Å². The van der Waals surface area contributed by atoms with Gasteiger partial charge in [0.1, 0.15) is 5.70 Å². The van der Waals surface area contributed by atoms with Crippen LogP contribution in [-0.2, 0) is 16.4 Å². The molecule has 0 aliphatic heterocycles. The van der Waals surface area contributed by atoms with E-state index in [1.165, 1.54) is 23.5 Å². The SMILES string of the molecule is Cc1nc(CN/C(=C\C(=N)c2ccc(-c3cccc(S(C)(=O)=O)c3)s2)C(F)(F)F)cs1. The fourth-order valence-electron chi connectivity index (χ4n) is 2.64. The normalized spacial score (nSPS) is 12.7. The molecule has 164 valence electrons. The number of thiazole rings is 1. The van der Waals surface area contributed by atoms with Gasteiger partial charge < -0.3 is 5.32 Å². The van der Waals surface area contributed by atoms with Gasteiger partial charge in [-0.25, -0.2) is 13.4 Å². The van der Waals surface area contributed by atoms with Crippen LogP contribution in [0.4, 0.5) is 13.2 Å². The lowest BCUT2D eigenvalue weighted by molar-refractivity contribution is -0.0968. The lowest BCUT2D eigenvalue weighted by Crippen LogP contribution is -2.27. The molecule has 0 fully saturated rings. The molecule has 0 unspecified atom stereocenters. The Labute approximate surface area is 185 Å². The van der Waals surface area contributed by atoms with Gasteiger partial charge in [0.15, 0.2) is 9.84 Å². The third kappa shape index (κ3) is 6.02. The molecule has 0 saturated heterocycles. The van der Waals surface area contributed by atoms with E-state index in [4.69, 9.17) is 5.41 Å². The molecule has 0 radical (unpaired) electrons. The Hall–Kier alpha value is -2.50. The highest BCUT2D eigenvalue weighted by molar-refractivity contribution is 7.90. The first-order valence-corrected chi connectivity index (χ1v) is 12.5. The van der Waals surface area contributed by atoms with Crippen molar-refractivity contribution in [1.29, 1.82) is 5.41 Å². The topological polar surface area (TPSA) is 82.9 Å². The zero-order valence-electron chi connectivity index (χ0n) is 16.4. The van der Waals surface area contributed by atoms with E-state index in [0.29, 0.717) is 21.0 Å². The summed E-state index contributed by atoms with van der Waals surface area (Å²) in [6, 6.07) is 9.49. The number of allylic oxidation sites excluding steroid dienone is 2. The largest absolute Gasteiger partial charge is 0.430 e. The lowest BCUT2D eigenvalue weighted by Gasteiger charge is -2.13. The molecule has 2 aromatic heterocycles. The van der Waals surface area contributed by atoms with Crippen molar-refractivity contribution in [2.45, 2.75) is 24.5 Å². The van der Waals surface area contributed by atoms with Crippen molar-refractivity contribution in [3.05, 3.63) is 69.1 Å². The van der Waals surface area contributed by atoms with Gasteiger partial charge in [-0.15, -0.1) is 22.7 Å². The van der Waals surface area contributed by atoms with E-state index in [1.54, 1.807) is 36.6 Å². The van der Waals surface area contributed by atoms with Gasteiger partial charge >= 0.3 is 6.18 Å². The van der Waals surface area contributed by atoms with Gasteiger partial charge in [-0.3, -0.25) is 5.41 Å². The Bertz CT molecular complexity index is 1240. The minimum atomic E-state index is -4.65. The molecule has 0 aliphatic carbocycles. The summed E-state index contributed by atoms with van der Waals surface area (Å²) in [5.41, 5.74) is -0.223. The quantitative estimate of drug-likeness (QED) is 0.452. The Morgan fingerprint density at radius 2 is 2.00 bits per heavy atom. The second kappa shape index (κ2) is 8.93. The summed E-state index contributed by atoms with van der Waals surface area (Å²) >= 11 is 2.46. The van der Waals surface area contributed by atoms with E-state index in [9.17, 15) is 21.6 Å². The summed E-state index contributed by atoms with van der Waals surface area (Å²) in [5, 5.41) is 12.9. The van der Waals surface area contributed by atoms with E-state index < -0.39 is 21.7 Å². The van der Waals surface area contributed by atoms with Gasteiger partial charge in [0.25, 0.3) is 0 Å². The molecule has 31 heavy (non-hydrogen) atoms. The fraction of sp³-hybridized carbons (Fsp3) is 0.200. The van der Waals surface area contributed by atoms with E-state index >= 15 is 0 Å². The second-order valence-corrected chi connectivity index (χ2v) is 10.8. The second-order valence-electron chi connectivity index (χ2n) is 6.64. The van der Waals surface area contributed by atoms with Crippen LogP contribution >= 0.6 is 22.7 Å². The number of aryl methyl sites for hydroxylation is 1. The van der Waals surface area contributed by atoms with Crippen molar-refractivity contribution in [1.82, 2.24) is 10.3 Å². The number of hydrogen-bond acceptors (Lipinski definition) is 7. The Morgan fingerprint density at radius 1 is 1.26 bits per heavy atom. The van der Waals surface area contributed by atoms with Crippen molar-refractivity contribution in [2.24, 2.45) is 0 Å². The number of nitrogens with zero attached hydrogens (tertiary/aromatic N) is 1. The van der Waals surface area contributed by atoms with Gasteiger partial charge in [-0.1, -0.05) is 12.1 Å². The van der Waals surface area contributed by atoms with E-state index in [0.717, 1.165) is 28.7 Å². The average Bonchev–Trinajstić information content (AvgIpc) is 3.33. The minimum Gasteiger partial charge on any atom is -0.375 e. The van der Waals surface area contributed by atoms with Crippen molar-refractivity contribution >= 4 is 38.2 Å². The van der Waals surface area contributed by atoms with Crippen LogP contribution in [0.3, 0.4) is 0 Å². The summed E-state index contributed by atoms with van der Waals surface area (Å²) in [6.07, 6.45) is -2.80. The molecule has 11 heteroatoms. The first-order valence-electron chi connectivity index (χ1n) is 8.86. The number of rotatable bonds is 7. The first kappa shape index (κ1) is 23.2. The van der Waals surface area contributed by atoms with Crippen LogP contribution in [0.25, 0.3) is 10.4 Å². The molecule has 1 aromatic carbocycles. The summed E-state index contributed by atoms with van der Waals surface area (Å²) < 4.78 is 63.8. The average molecular weight is 486 g/mol. The maximum Gasteiger partial charge on any atom is 0.430 e. The zero-order chi connectivity index (χ0) is 22.8. The van der Waals surface area contributed by atoms with Crippen LogP contribution in [0, 0.1) is 12.3 Å². The van der Waals surface area contributed by atoms with Crippen molar-refractivity contribution < 1.29 is 21.6 Å². The van der Waals surface area contributed by atoms with Gasteiger partial charge in [0.2, 0.25) is 0 Å². The standard InChI is InChI=1S/C20H18F3N3O2S3/c1-12-26-14(11-29-12)10-25-19(20(21,22)23)9-16(24)18-7-6-17(30-18)13-4-3-5-15(8-13)31(2,27)28/h3-9,11,24-25H,10H2,1-2H3/b19-9-,24-16?. The number of nitrogens with one attached hydrogen (secondary N) is 2. The molecule has 0 spiro atoms. The van der Waals surface area contributed by atoms with Crippen LogP contribution in [-0.4, -0.2) is 31.5 Å². The molecule has 5 nitrogen and oxygen atoms in total. The van der Waals surface area contributed by atoms with Crippen LogP contribution in [0.5, 0.6) is 0 Å². The molecule has 0 bridgehead atoms. The smallest absolute Gasteiger partial charge is 0.375 e. The van der Waals surface area contributed by atoms with Gasteiger partial charge in [-0.05, 0) is 42.8 Å². The van der Waals surface area contributed by atoms with Crippen LogP contribution in [0.15, 0.2) is 58.4 Å². The van der Waals surface area contributed by atoms with Crippen LogP contribution in [0.2, 0.25) is 0 Å². The number of halogens is 3. The third-order valence-corrected chi connectivity index (χ3v) is 7.24. The van der Waals surface area contributed by atoms with E-state index in [1.807, 2.05) is 0 Å². The number of thiophene rings is 1. The highest BCUT2D eigenvalue weighted by atomic mass is 32.2. The number of benzene rings is 1. The van der Waals surface area contributed by atoms with E-state index in [2.05, 4.69) is 10.3 Å². The van der Waals surface area contributed by atoms with E-state index in [-0.39, 0.29) is 17.2 Å². The van der Waals surface area contributed by atoms with Crippen LogP contribution < -0.4 is 5.32 Å². The van der Waals surface area contributed by atoms with Gasteiger partial charge in [-0.2, -0.15) is 13.2 Å². The molecule has 3 rings (SSSR count). The molecule has 0 atom stereocenters. The predicted molar refractivity (Wildman–Crippen MR) is 118 cm³/mol. The Balaban J connectivity index is 1.83. The molecule has 0 amide bonds. The predicted octanol–water partition coefficient (Wildman–Crippen LogP) is 5.19. The molecule has 2 heterocycles. The number of alkyl halides is 3. The third-order valence-electron chi connectivity index (χ3n) is 4.14. The molecular formula is C20H18F3N3O2S3. The molecular weight excluding hydrogens is 467 g/mol. The first-order chi connectivity index (χ1) is 14.4. The summed E-state index contributed by atoms with van der Waals surface area (Å²) in [4.78, 5) is 5.26. The summed E-state index contributed by atoms with van der Waals surface area (Å²) in [7, 11) is -3.39. The number of aromatic nitrogens is 1. The number of sulfone groups is 1. The zero-order valence-corrected chi connectivity index (χ0v) is 18.9. The summed E-state index contributed by atoms with van der Waals surface area (Å²) in [6.45, 7) is 1.67. The lowest BCUT2D eigenvalue weighted by atomic mass is 10.2.